The number of hydrogen-bond donors (Lipinski definition) is 2. The van der Waals surface area contributed by atoms with Crippen molar-refractivity contribution >= 4 is 21.6 Å². The molecule has 0 saturated heterocycles. The summed E-state index contributed by atoms with van der Waals surface area (Å²) in [4.78, 5) is 16.9. The van der Waals surface area contributed by atoms with Crippen molar-refractivity contribution in [3.05, 3.63) is 48.2 Å². The molecule has 0 spiro atoms. The molecule has 8 heteroatoms. The molecule has 1 saturated carbocycles. The summed E-state index contributed by atoms with van der Waals surface area (Å²) in [5.74, 6) is -0.0253. The Labute approximate surface area is 152 Å². The van der Waals surface area contributed by atoms with Crippen molar-refractivity contribution in [2.75, 3.05) is 12.4 Å². The lowest BCUT2D eigenvalue weighted by Gasteiger charge is -2.09. The fourth-order valence-electron chi connectivity index (χ4n) is 3.47. The van der Waals surface area contributed by atoms with Gasteiger partial charge in [0.05, 0.1) is 17.9 Å². The molecule has 3 N–H and O–H groups in total. The Kier molecular flexibility index (Phi) is 4.49. The Balaban J connectivity index is 1.80. The summed E-state index contributed by atoms with van der Waals surface area (Å²) in [5.41, 5.74) is 1.18. The zero-order valence-electron chi connectivity index (χ0n) is 14.8. The van der Waals surface area contributed by atoms with Gasteiger partial charge < -0.3 is 10.1 Å². The largest absolute Gasteiger partial charge is 0.480 e. The van der Waals surface area contributed by atoms with Gasteiger partial charge in [0, 0.05) is 12.1 Å². The van der Waals surface area contributed by atoms with Crippen LogP contribution in [-0.2, 0) is 14.8 Å². The number of aromatic nitrogens is 1. The molecule has 2 atom stereocenters. The highest BCUT2D eigenvalue weighted by molar-refractivity contribution is 7.89. The molecule has 0 aliphatic heterocycles. The van der Waals surface area contributed by atoms with Gasteiger partial charge in [0.25, 0.3) is 0 Å². The summed E-state index contributed by atoms with van der Waals surface area (Å²) in [6.07, 6.45) is 1.59. The summed E-state index contributed by atoms with van der Waals surface area (Å²) in [6, 6.07) is 9.82. The van der Waals surface area contributed by atoms with Gasteiger partial charge in [-0.3, -0.25) is 4.79 Å². The summed E-state index contributed by atoms with van der Waals surface area (Å²) >= 11 is 0. The first-order valence-electron chi connectivity index (χ1n) is 8.09. The Morgan fingerprint density at radius 3 is 2.46 bits per heavy atom. The second kappa shape index (κ2) is 6.37. The molecule has 1 amide bonds. The number of primary sulfonamides is 1. The van der Waals surface area contributed by atoms with Crippen LogP contribution in [0.5, 0.6) is 5.88 Å². The van der Waals surface area contributed by atoms with Crippen LogP contribution in [0.15, 0.2) is 47.5 Å². The van der Waals surface area contributed by atoms with Gasteiger partial charge >= 0.3 is 0 Å². The first-order chi connectivity index (χ1) is 12.2. The number of benzene rings is 1. The zero-order valence-corrected chi connectivity index (χ0v) is 15.6. The summed E-state index contributed by atoms with van der Waals surface area (Å²) in [5, 5.41) is 8.00. The van der Waals surface area contributed by atoms with Crippen molar-refractivity contribution in [2.45, 2.75) is 24.7 Å². The van der Waals surface area contributed by atoms with Crippen molar-refractivity contribution in [3.8, 4) is 5.88 Å². The summed E-state index contributed by atoms with van der Waals surface area (Å²) in [7, 11) is -2.24. The number of methoxy groups -OCH3 is 1. The number of nitrogens with one attached hydrogen (secondary N) is 1. The molecule has 1 aliphatic carbocycles. The maximum absolute atomic E-state index is 12.8. The van der Waals surface area contributed by atoms with Crippen LogP contribution in [-0.4, -0.2) is 26.4 Å². The number of pyridine rings is 1. The number of ether oxygens (including phenoxy) is 1. The van der Waals surface area contributed by atoms with E-state index in [0.717, 1.165) is 5.56 Å². The lowest BCUT2D eigenvalue weighted by atomic mass is 10.0. The lowest BCUT2D eigenvalue weighted by Crippen LogP contribution is -2.17. The van der Waals surface area contributed by atoms with Gasteiger partial charge in [-0.15, -0.1) is 0 Å². The van der Waals surface area contributed by atoms with Crippen molar-refractivity contribution in [1.82, 2.24) is 4.98 Å². The van der Waals surface area contributed by atoms with Crippen molar-refractivity contribution < 1.29 is 17.9 Å². The molecule has 0 bridgehead atoms. The average molecular weight is 375 g/mol. The maximum atomic E-state index is 12.8. The molecule has 7 nitrogen and oxygen atoms in total. The molecule has 1 heterocycles. The van der Waals surface area contributed by atoms with Gasteiger partial charge in [-0.1, -0.05) is 26.0 Å². The van der Waals surface area contributed by atoms with Crippen molar-refractivity contribution in [2.24, 2.45) is 16.5 Å². The standard InChI is InChI=1S/C18H21N3O4S/c1-18(2)14(11-6-8-12(9-7-11)26(19,23)24)15(18)16(22)21-13-5-4-10-20-17(13)25-3/h4-10,14-15H,1-3H3,(H,21,22)(H2,19,23,24)/t14-,15+/m0/s1. The van der Waals surface area contributed by atoms with Crippen LogP contribution in [0.2, 0.25) is 0 Å². The predicted molar refractivity (Wildman–Crippen MR) is 97.2 cm³/mol. The van der Waals surface area contributed by atoms with Crippen LogP contribution in [0, 0.1) is 11.3 Å². The molecular weight excluding hydrogens is 354 g/mol. The lowest BCUT2D eigenvalue weighted by molar-refractivity contribution is -0.118. The minimum Gasteiger partial charge on any atom is -0.480 e. The highest BCUT2D eigenvalue weighted by Gasteiger charge is 2.62. The topological polar surface area (TPSA) is 111 Å². The molecule has 1 fully saturated rings. The number of amides is 1. The molecule has 1 aliphatic rings. The smallest absolute Gasteiger partial charge is 0.238 e. The molecule has 0 radical (unpaired) electrons. The van der Waals surface area contributed by atoms with Gasteiger partial charge in [-0.05, 0) is 35.2 Å². The minimum absolute atomic E-state index is 0.0142. The van der Waals surface area contributed by atoms with Crippen LogP contribution in [0.1, 0.15) is 25.3 Å². The molecule has 0 unspecified atom stereocenters. The molecule has 138 valence electrons. The monoisotopic (exact) mass is 375 g/mol. The fraction of sp³-hybridized carbons (Fsp3) is 0.333. The number of carbonyl (C=O) groups is 1. The highest BCUT2D eigenvalue weighted by Crippen LogP contribution is 2.64. The first-order valence-corrected chi connectivity index (χ1v) is 9.63. The van der Waals surface area contributed by atoms with Gasteiger partial charge in [-0.25, -0.2) is 18.5 Å². The molecule has 1 aromatic heterocycles. The number of anilines is 1. The third-order valence-electron chi connectivity index (χ3n) is 4.90. The maximum Gasteiger partial charge on any atom is 0.238 e. The molecule has 26 heavy (non-hydrogen) atoms. The summed E-state index contributed by atoms with van der Waals surface area (Å²) in [6.45, 7) is 4.02. The SMILES string of the molecule is COc1ncccc1NC(=O)[C@H]1[C@H](c2ccc(S(N)(=O)=O)cc2)C1(C)C. The second-order valence-electron chi connectivity index (χ2n) is 6.94. The van der Waals surface area contributed by atoms with E-state index in [1.54, 1.807) is 30.5 Å². The number of carbonyl (C=O) groups excluding carboxylic acids is 1. The van der Waals surface area contributed by atoms with E-state index in [-0.39, 0.29) is 28.1 Å². The number of rotatable bonds is 5. The second-order valence-corrected chi connectivity index (χ2v) is 8.50. The van der Waals surface area contributed by atoms with E-state index in [4.69, 9.17) is 9.88 Å². The number of nitrogens with two attached hydrogens (primary N) is 1. The van der Waals surface area contributed by atoms with Crippen molar-refractivity contribution in [3.63, 3.8) is 0 Å². The number of sulfonamides is 1. The summed E-state index contributed by atoms with van der Waals surface area (Å²) < 4.78 is 27.9. The van der Waals surface area contributed by atoms with E-state index in [1.165, 1.54) is 19.2 Å². The van der Waals surface area contributed by atoms with Crippen LogP contribution >= 0.6 is 0 Å². The Morgan fingerprint density at radius 1 is 1.23 bits per heavy atom. The first kappa shape index (κ1) is 18.3. The third-order valence-corrected chi connectivity index (χ3v) is 5.83. The van der Waals surface area contributed by atoms with E-state index in [1.807, 2.05) is 13.8 Å². The van der Waals surface area contributed by atoms with E-state index >= 15 is 0 Å². The van der Waals surface area contributed by atoms with E-state index in [9.17, 15) is 13.2 Å². The third kappa shape index (κ3) is 3.30. The van der Waals surface area contributed by atoms with Gasteiger partial charge in [0.15, 0.2) is 0 Å². The van der Waals surface area contributed by atoms with E-state index in [0.29, 0.717) is 11.6 Å². The molecule has 3 rings (SSSR count). The Morgan fingerprint density at radius 2 is 1.88 bits per heavy atom. The number of nitrogens with zero attached hydrogens (tertiary/aromatic N) is 1. The van der Waals surface area contributed by atoms with E-state index < -0.39 is 10.0 Å². The fourth-order valence-corrected chi connectivity index (χ4v) is 3.99. The van der Waals surface area contributed by atoms with Crippen LogP contribution in [0.25, 0.3) is 0 Å². The van der Waals surface area contributed by atoms with Crippen LogP contribution in [0.4, 0.5) is 5.69 Å². The van der Waals surface area contributed by atoms with Gasteiger partial charge in [0.2, 0.25) is 21.8 Å². The quantitative estimate of drug-likeness (QED) is 0.831. The zero-order chi connectivity index (χ0) is 19.1. The molecule has 1 aromatic carbocycles. The van der Waals surface area contributed by atoms with Crippen LogP contribution in [0.3, 0.4) is 0 Å². The molecule has 2 aromatic rings. The van der Waals surface area contributed by atoms with Crippen LogP contribution < -0.4 is 15.2 Å². The Hall–Kier alpha value is -2.45. The Bertz CT molecular complexity index is 939. The van der Waals surface area contributed by atoms with Gasteiger partial charge in [-0.2, -0.15) is 0 Å². The predicted octanol–water partition coefficient (Wildman–Crippen LogP) is 2.12. The van der Waals surface area contributed by atoms with Crippen molar-refractivity contribution in [1.29, 1.82) is 0 Å². The average Bonchev–Trinajstić information content (AvgIpc) is 3.17. The normalized spacial score (nSPS) is 21.1. The van der Waals surface area contributed by atoms with Gasteiger partial charge in [0.1, 0.15) is 5.69 Å². The minimum atomic E-state index is -3.73. The van der Waals surface area contributed by atoms with E-state index in [2.05, 4.69) is 10.3 Å². The molecular formula is C18H21N3O4S. The highest BCUT2D eigenvalue weighted by atomic mass is 32.2. The number of hydrogen-bond acceptors (Lipinski definition) is 5.